The largest absolute Gasteiger partial charge is 0.507 e. The number of ether oxygens (including phenoxy) is 1. The molecule has 1 aromatic rings. The van der Waals surface area contributed by atoms with Crippen molar-refractivity contribution >= 4 is 5.91 Å². The highest BCUT2D eigenvalue weighted by molar-refractivity contribution is 5.97. The van der Waals surface area contributed by atoms with Gasteiger partial charge in [0.15, 0.2) is 0 Å². The van der Waals surface area contributed by atoms with Crippen molar-refractivity contribution in [3.63, 3.8) is 0 Å². The van der Waals surface area contributed by atoms with E-state index in [2.05, 4.69) is 17.1 Å². The molecular formula is C15H22N2O3. The number of amides is 1. The minimum Gasteiger partial charge on any atom is -0.507 e. The van der Waals surface area contributed by atoms with Crippen molar-refractivity contribution in [2.75, 3.05) is 26.7 Å². The van der Waals surface area contributed by atoms with Crippen molar-refractivity contribution < 1.29 is 14.6 Å². The summed E-state index contributed by atoms with van der Waals surface area (Å²) in [6.07, 6.45) is 2.08. The first-order valence-electron chi connectivity index (χ1n) is 7.04. The SMILES string of the molecule is CCN1CCCC(NC(=O)c2ccc(OC)cc2O)C1. The minimum absolute atomic E-state index is 0.0509. The van der Waals surface area contributed by atoms with Gasteiger partial charge in [0, 0.05) is 18.7 Å². The average molecular weight is 278 g/mol. The van der Waals surface area contributed by atoms with Crippen LogP contribution in [0, 0.1) is 0 Å². The van der Waals surface area contributed by atoms with E-state index < -0.39 is 0 Å². The molecular weight excluding hydrogens is 256 g/mol. The zero-order valence-electron chi connectivity index (χ0n) is 12.1. The lowest BCUT2D eigenvalue weighted by Crippen LogP contribution is -2.47. The number of likely N-dealkylation sites (tertiary alicyclic amines) is 1. The van der Waals surface area contributed by atoms with Gasteiger partial charge < -0.3 is 20.1 Å². The van der Waals surface area contributed by atoms with E-state index in [4.69, 9.17) is 4.74 Å². The first-order valence-corrected chi connectivity index (χ1v) is 7.04. The van der Waals surface area contributed by atoms with Crippen LogP contribution in [0.3, 0.4) is 0 Å². The number of aromatic hydroxyl groups is 1. The van der Waals surface area contributed by atoms with Crippen molar-refractivity contribution in [3.8, 4) is 11.5 Å². The summed E-state index contributed by atoms with van der Waals surface area (Å²) in [5, 5.41) is 12.9. The van der Waals surface area contributed by atoms with E-state index >= 15 is 0 Å². The number of phenolic OH excluding ortho intramolecular Hbond substituents is 1. The number of benzene rings is 1. The lowest BCUT2D eigenvalue weighted by Gasteiger charge is -2.32. The molecule has 1 heterocycles. The van der Waals surface area contributed by atoms with Crippen LogP contribution >= 0.6 is 0 Å². The molecule has 110 valence electrons. The van der Waals surface area contributed by atoms with E-state index in [1.54, 1.807) is 12.1 Å². The second-order valence-electron chi connectivity index (χ2n) is 5.09. The van der Waals surface area contributed by atoms with Crippen LogP contribution in [0.1, 0.15) is 30.1 Å². The first-order chi connectivity index (χ1) is 9.63. The monoisotopic (exact) mass is 278 g/mol. The molecule has 1 amide bonds. The van der Waals surface area contributed by atoms with Gasteiger partial charge in [0.05, 0.1) is 12.7 Å². The lowest BCUT2D eigenvalue weighted by atomic mass is 10.0. The molecule has 1 aromatic carbocycles. The molecule has 0 saturated carbocycles. The number of phenols is 1. The summed E-state index contributed by atoms with van der Waals surface area (Å²) < 4.78 is 5.01. The number of nitrogens with zero attached hydrogens (tertiary/aromatic N) is 1. The number of methoxy groups -OCH3 is 1. The highest BCUT2D eigenvalue weighted by Crippen LogP contribution is 2.23. The number of hydrogen-bond acceptors (Lipinski definition) is 4. The summed E-state index contributed by atoms with van der Waals surface area (Å²) >= 11 is 0. The Balaban J connectivity index is 2.01. The number of carbonyl (C=O) groups is 1. The number of piperidine rings is 1. The molecule has 0 aliphatic carbocycles. The van der Waals surface area contributed by atoms with Crippen molar-refractivity contribution in [2.24, 2.45) is 0 Å². The molecule has 0 radical (unpaired) electrons. The molecule has 0 aromatic heterocycles. The highest BCUT2D eigenvalue weighted by Gasteiger charge is 2.22. The first kappa shape index (κ1) is 14.7. The Morgan fingerprint density at radius 3 is 3.00 bits per heavy atom. The van der Waals surface area contributed by atoms with Crippen LogP contribution < -0.4 is 10.1 Å². The maximum absolute atomic E-state index is 12.2. The van der Waals surface area contributed by atoms with Crippen LogP contribution in [-0.4, -0.2) is 48.7 Å². The number of nitrogens with one attached hydrogen (secondary N) is 1. The Morgan fingerprint density at radius 2 is 2.35 bits per heavy atom. The van der Waals surface area contributed by atoms with Gasteiger partial charge in [0.25, 0.3) is 5.91 Å². The van der Waals surface area contributed by atoms with Crippen molar-refractivity contribution in [1.82, 2.24) is 10.2 Å². The van der Waals surface area contributed by atoms with Gasteiger partial charge in [-0.25, -0.2) is 0 Å². The van der Waals surface area contributed by atoms with Crippen LogP contribution in [0.25, 0.3) is 0 Å². The van der Waals surface area contributed by atoms with E-state index in [1.165, 1.54) is 13.2 Å². The van der Waals surface area contributed by atoms with Crippen molar-refractivity contribution in [2.45, 2.75) is 25.8 Å². The molecule has 1 atom stereocenters. The van der Waals surface area contributed by atoms with Crippen LogP contribution in [0.4, 0.5) is 0 Å². The van der Waals surface area contributed by atoms with Gasteiger partial charge in [-0.2, -0.15) is 0 Å². The van der Waals surface area contributed by atoms with Gasteiger partial charge in [-0.3, -0.25) is 4.79 Å². The highest BCUT2D eigenvalue weighted by atomic mass is 16.5. The third-order valence-corrected chi connectivity index (χ3v) is 3.74. The van der Waals surface area contributed by atoms with Gasteiger partial charge in [-0.05, 0) is 38.1 Å². The normalized spacial score (nSPS) is 19.6. The van der Waals surface area contributed by atoms with E-state index in [0.29, 0.717) is 11.3 Å². The van der Waals surface area contributed by atoms with Crippen LogP contribution in [0.15, 0.2) is 18.2 Å². The molecule has 1 fully saturated rings. The van der Waals surface area contributed by atoms with E-state index in [1.807, 2.05) is 0 Å². The fraction of sp³-hybridized carbons (Fsp3) is 0.533. The summed E-state index contributed by atoms with van der Waals surface area (Å²) in [5.74, 6) is 0.256. The Morgan fingerprint density at radius 1 is 1.55 bits per heavy atom. The van der Waals surface area contributed by atoms with E-state index in [-0.39, 0.29) is 17.7 Å². The third-order valence-electron chi connectivity index (χ3n) is 3.74. The van der Waals surface area contributed by atoms with Gasteiger partial charge in [0.1, 0.15) is 11.5 Å². The molecule has 20 heavy (non-hydrogen) atoms. The predicted octanol–water partition coefficient (Wildman–Crippen LogP) is 1.61. The topological polar surface area (TPSA) is 61.8 Å². The molecule has 5 nitrogen and oxygen atoms in total. The smallest absolute Gasteiger partial charge is 0.255 e. The summed E-state index contributed by atoms with van der Waals surface area (Å²) in [7, 11) is 1.52. The molecule has 1 saturated heterocycles. The molecule has 1 unspecified atom stereocenters. The van der Waals surface area contributed by atoms with Crippen LogP contribution in [-0.2, 0) is 0 Å². The maximum Gasteiger partial charge on any atom is 0.255 e. The van der Waals surface area contributed by atoms with Gasteiger partial charge in [-0.1, -0.05) is 6.92 Å². The fourth-order valence-electron chi connectivity index (χ4n) is 2.55. The molecule has 0 spiro atoms. The van der Waals surface area contributed by atoms with Gasteiger partial charge in [-0.15, -0.1) is 0 Å². The molecule has 2 N–H and O–H groups in total. The maximum atomic E-state index is 12.2. The zero-order chi connectivity index (χ0) is 14.5. The van der Waals surface area contributed by atoms with Gasteiger partial charge >= 0.3 is 0 Å². The second-order valence-corrected chi connectivity index (χ2v) is 5.09. The number of likely N-dealkylation sites (N-methyl/N-ethyl adjacent to an activating group) is 1. The Kier molecular flexibility index (Phi) is 4.84. The zero-order valence-corrected chi connectivity index (χ0v) is 12.1. The molecule has 5 heteroatoms. The van der Waals surface area contributed by atoms with Crippen LogP contribution in [0.5, 0.6) is 11.5 Å². The van der Waals surface area contributed by atoms with Crippen molar-refractivity contribution in [3.05, 3.63) is 23.8 Å². The Hall–Kier alpha value is -1.75. The lowest BCUT2D eigenvalue weighted by molar-refractivity contribution is 0.0903. The van der Waals surface area contributed by atoms with Crippen LogP contribution in [0.2, 0.25) is 0 Å². The average Bonchev–Trinajstić information content (AvgIpc) is 2.47. The Bertz CT molecular complexity index is 476. The summed E-state index contributed by atoms with van der Waals surface area (Å²) in [6, 6.07) is 4.86. The summed E-state index contributed by atoms with van der Waals surface area (Å²) in [4.78, 5) is 14.5. The summed E-state index contributed by atoms with van der Waals surface area (Å²) in [5.41, 5.74) is 0.291. The molecule has 2 rings (SSSR count). The van der Waals surface area contributed by atoms with Crippen molar-refractivity contribution in [1.29, 1.82) is 0 Å². The fourth-order valence-corrected chi connectivity index (χ4v) is 2.55. The number of carbonyl (C=O) groups excluding carboxylic acids is 1. The summed E-state index contributed by atoms with van der Waals surface area (Å²) in [6.45, 7) is 5.09. The minimum atomic E-state index is -0.229. The predicted molar refractivity (Wildman–Crippen MR) is 77.3 cm³/mol. The van der Waals surface area contributed by atoms with Gasteiger partial charge in [0.2, 0.25) is 0 Å². The van der Waals surface area contributed by atoms with E-state index in [0.717, 1.165) is 32.5 Å². The molecule has 0 bridgehead atoms. The Labute approximate surface area is 119 Å². The number of hydrogen-bond donors (Lipinski definition) is 2. The standard InChI is InChI=1S/C15H22N2O3/c1-3-17-8-4-5-11(10-17)16-15(19)13-7-6-12(20-2)9-14(13)18/h6-7,9,11,18H,3-5,8,10H2,1-2H3,(H,16,19). The molecule has 1 aliphatic rings. The quantitative estimate of drug-likeness (QED) is 0.878. The third kappa shape index (κ3) is 3.42. The molecule has 1 aliphatic heterocycles. The second kappa shape index (κ2) is 6.61. The number of rotatable bonds is 4. The van der Waals surface area contributed by atoms with E-state index in [9.17, 15) is 9.90 Å².